The minimum Gasteiger partial charge on any atom is -0.359 e. The average Bonchev–Trinajstić information content (AvgIpc) is 2.72. The van der Waals surface area contributed by atoms with Crippen molar-refractivity contribution in [3.8, 4) is 5.69 Å². The molecule has 0 atom stereocenters. The second kappa shape index (κ2) is 8.77. The van der Waals surface area contributed by atoms with Gasteiger partial charge in [-0.15, -0.1) is 0 Å². The topological polar surface area (TPSA) is 102 Å². The molecule has 156 valence electrons. The van der Waals surface area contributed by atoms with Gasteiger partial charge in [0.2, 0.25) is 11.8 Å². The number of para-hydroxylation sites is 1. The number of hydrogen-bond donors (Lipinski definition) is 2. The van der Waals surface area contributed by atoms with E-state index in [4.69, 9.17) is 0 Å². The SMILES string of the molecule is CNC(=O)Cc1ccc(-n2c(=O)c3ccccc3n(CC(=O)NC(C)C)c2=O)cc1. The van der Waals surface area contributed by atoms with Gasteiger partial charge in [0.1, 0.15) is 6.54 Å². The molecule has 1 heterocycles. The van der Waals surface area contributed by atoms with E-state index in [1.165, 1.54) is 4.57 Å². The highest BCUT2D eigenvalue weighted by atomic mass is 16.2. The van der Waals surface area contributed by atoms with Crippen LogP contribution < -0.4 is 21.9 Å². The molecule has 0 aliphatic rings. The van der Waals surface area contributed by atoms with Crippen LogP contribution in [-0.2, 0) is 22.6 Å². The van der Waals surface area contributed by atoms with Crippen LogP contribution in [0.15, 0.2) is 58.1 Å². The lowest BCUT2D eigenvalue weighted by Gasteiger charge is -2.15. The Hall–Kier alpha value is -3.68. The molecule has 0 spiro atoms. The monoisotopic (exact) mass is 408 g/mol. The van der Waals surface area contributed by atoms with Crippen molar-refractivity contribution in [2.75, 3.05) is 7.05 Å². The summed E-state index contributed by atoms with van der Waals surface area (Å²) in [6.45, 7) is 3.46. The summed E-state index contributed by atoms with van der Waals surface area (Å²) in [4.78, 5) is 50.2. The second-order valence-corrected chi connectivity index (χ2v) is 7.27. The summed E-state index contributed by atoms with van der Waals surface area (Å²) in [5.41, 5.74) is 0.462. The van der Waals surface area contributed by atoms with Crippen molar-refractivity contribution in [1.29, 1.82) is 0 Å². The van der Waals surface area contributed by atoms with Gasteiger partial charge in [0.05, 0.1) is 23.0 Å². The lowest BCUT2D eigenvalue weighted by Crippen LogP contribution is -2.42. The highest BCUT2D eigenvalue weighted by Crippen LogP contribution is 2.11. The Morgan fingerprint density at radius 3 is 2.27 bits per heavy atom. The number of carbonyl (C=O) groups excluding carboxylic acids is 2. The second-order valence-electron chi connectivity index (χ2n) is 7.27. The summed E-state index contributed by atoms with van der Waals surface area (Å²) in [5.74, 6) is -0.451. The van der Waals surface area contributed by atoms with E-state index in [1.54, 1.807) is 55.6 Å². The number of rotatable bonds is 6. The van der Waals surface area contributed by atoms with Crippen LogP contribution >= 0.6 is 0 Å². The lowest BCUT2D eigenvalue weighted by molar-refractivity contribution is -0.122. The summed E-state index contributed by atoms with van der Waals surface area (Å²) < 4.78 is 2.35. The van der Waals surface area contributed by atoms with Gasteiger partial charge in [0.15, 0.2) is 0 Å². The summed E-state index contributed by atoms with van der Waals surface area (Å²) in [6.07, 6.45) is 0.197. The molecule has 2 amide bonds. The third-order valence-corrected chi connectivity index (χ3v) is 4.64. The van der Waals surface area contributed by atoms with E-state index in [0.29, 0.717) is 16.6 Å². The first kappa shape index (κ1) is 21.0. The van der Waals surface area contributed by atoms with Crippen molar-refractivity contribution in [2.45, 2.75) is 32.9 Å². The van der Waals surface area contributed by atoms with Crippen molar-refractivity contribution in [3.63, 3.8) is 0 Å². The predicted molar refractivity (Wildman–Crippen MR) is 115 cm³/mol. The molecule has 8 nitrogen and oxygen atoms in total. The third kappa shape index (κ3) is 4.32. The molecule has 0 saturated carbocycles. The first-order chi connectivity index (χ1) is 14.3. The van der Waals surface area contributed by atoms with Crippen molar-refractivity contribution in [3.05, 3.63) is 74.9 Å². The summed E-state index contributed by atoms with van der Waals surface area (Å²) in [7, 11) is 1.56. The van der Waals surface area contributed by atoms with E-state index in [-0.39, 0.29) is 30.8 Å². The summed E-state index contributed by atoms with van der Waals surface area (Å²) >= 11 is 0. The van der Waals surface area contributed by atoms with Crippen molar-refractivity contribution in [2.24, 2.45) is 0 Å². The maximum atomic E-state index is 13.2. The average molecular weight is 408 g/mol. The van der Waals surface area contributed by atoms with Crippen LogP contribution in [0.25, 0.3) is 16.6 Å². The Labute approximate surface area is 173 Å². The van der Waals surface area contributed by atoms with Gasteiger partial charge in [-0.25, -0.2) is 9.36 Å². The van der Waals surface area contributed by atoms with Crippen LogP contribution in [0.3, 0.4) is 0 Å². The Kier molecular flexibility index (Phi) is 6.15. The summed E-state index contributed by atoms with van der Waals surface area (Å²) in [5, 5.41) is 5.65. The molecule has 0 unspecified atom stereocenters. The molecule has 0 saturated heterocycles. The van der Waals surface area contributed by atoms with Gasteiger partial charge in [0.25, 0.3) is 5.56 Å². The molecule has 0 radical (unpaired) electrons. The molecular weight excluding hydrogens is 384 g/mol. The highest BCUT2D eigenvalue weighted by molar-refractivity contribution is 5.82. The predicted octanol–water partition coefficient (Wildman–Crippen LogP) is 0.965. The fourth-order valence-electron chi connectivity index (χ4n) is 3.25. The standard InChI is InChI=1S/C22H24N4O4/c1-14(2)24-20(28)13-25-18-7-5-4-6-17(18)21(29)26(22(25)30)16-10-8-15(9-11-16)12-19(27)23-3/h4-11,14H,12-13H2,1-3H3,(H,23,27)(H,24,28). The number of carbonyl (C=O) groups is 2. The molecule has 1 aromatic heterocycles. The Morgan fingerprint density at radius 2 is 1.63 bits per heavy atom. The largest absolute Gasteiger partial charge is 0.359 e. The van der Waals surface area contributed by atoms with Gasteiger partial charge in [0, 0.05) is 13.1 Å². The number of aromatic nitrogens is 2. The smallest absolute Gasteiger partial charge is 0.336 e. The van der Waals surface area contributed by atoms with Gasteiger partial charge in [-0.05, 0) is 43.7 Å². The zero-order chi connectivity index (χ0) is 21.8. The zero-order valence-electron chi connectivity index (χ0n) is 17.1. The zero-order valence-corrected chi connectivity index (χ0v) is 17.1. The number of hydrogen-bond acceptors (Lipinski definition) is 4. The summed E-state index contributed by atoms with van der Waals surface area (Å²) in [6, 6.07) is 13.3. The van der Waals surface area contributed by atoms with E-state index in [9.17, 15) is 19.2 Å². The molecule has 0 aliphatic carbocycles. The van der Waals surface area contributed by atoms with Crippen LogP contribution in [0.1, 0.15) is 19.4 Å². The minimum absolute atomic E-state index is 0.0711. The molecule has 8 heteroatoms. The van der Waals surface area contributed by atoms with Crippen LogP contribution in [0.2, 0.25) is 0 Å². The molecule has 30 heavy (non-hydrogen) atoms. The maximum Gasteiger partial charge on any atom is 0.336 e. The van der Waals surface area contributed by atoms with Crippen LogP contribution in [0.4, 0.5) is 0 Å². The third-order valence-electron chi connectivity index (χ3n) is 4.64. The molecule has 2 aromatic carbocycles. The van der Waals surface area contributed by atoms with E-state index in [0.717, 1.165) is 10.1 Å². The van der Waals surface area contributed by atoms with Crippen LogP contribution in [0.5, 0.6) is 0 Å². The van der Waals surface area contributed by atoms with Crippen molar-refractivity contribution >= 4 is 22.7 Å². The fraction of sp³-hybridized carbons (Fsp3) is 0.273. The molecule has 3 rings (SSSR count). The molecular formula is C22H24N4O4. The normalized spacial score (nSPS) is 10.9. The number of fused-ring (bicyclic) bond motifs is 1. The molecule has 2 N–H and O–H groups in total. The van der Waals surface area contributed by atoms with E-state index in [2.05, 4.69) is 10.6 Å². The number of nitrogens with one attached hydrogen (secondary N) is 2. The number of amides is 2. The van der Waals surface area contributed by atoms with Crippen LogP contribution in [-0.4, -0.2) is 34.0 Å². The van der Waals surface area contributed by atoms with Gasteiger partial charge >= 0.3 is 5.69 Å². The maximum absolute atomic E-state index is 13.2. The van der Waals surface area contributed by atoms with Crippen LogP contribution in [0, 0.1) is 0 Å². The lowest BCUT2D eigenvalue weighted by atomic mass is 10.1. The number of nitrogens with zero attached hydrogens (tertiary/aromatic N) is 2. The van der Waals surface area contributed by atoms with E-state index >= 15 is 0 Å². The Bertz CT molecular complexity index is 1210. The molecule has 3 aromatic rings. The molecule has 0 fully saturated rings. The minimum atomic E-state index is -0.600. The first-order valence-electron chi connectivity index (χ1n) is 9.65. The number of likely N-dealkylation sites (N-methyl/N-ethyl adjacent to an activating group) is 1. The number of benzene rings is 2. The van der Waals surface area contributed by atoms with E-state index in [1.807, 2.05) is 13.8 Å². The molecule has 0 aliphatic heterocycles. The van der Waals surface area contributed by atoms with E-state index < -0.39 is 11.2 Å². The van der Waals surface area contributed by atoms with Gasteiger partial charge in [-0.1, -0.05) is 24.3 Å². The quantitative estimate of drug-likeness (QED) is 0.634. The van der Waals surface area contributed by atoms with Gasteiger partial charge < -0.3 is 10.6 Å². The fourth-order valence-corrected chi connectivity index (χ4v) is 3.25. The Balaban J connectivity index is 2.13. The van der Waals surface area contributed by atoms with Crippen molar-refractivity contribution < 1.29 is 9.59 Å². The molecule has 0 bridgehead atoms. The highest BCUT2D eigenvalue weighted by Gasteiger charge is 2.16. The van der Waals surface area contributed by atoms with Crippen molar-refractivity contribution in [1.82, 2.24) is 19.8 Å². The van der Waals surface area contributed by atoms with Gasteiger partial charge in [-0.2, -0.15) is 0 Å². The Morgan fingerprint density at radius 1 is 0.967 bits per heavy atom. The first-order valence-corrected chi connectivity index (χ1v) is 9.65. The van der Waals surface area contributed by atoms with Gasteiger partial charge in [-0.3, -0.25) is 19.0 Å².